The quantitative estimate of drug-likeness (QED) is 0.722. The summed E-state index contributed by atoms with van der Waals surface area (Å²) in [5.41, 5.74) is 4.85. The fourth-order valence-electron chi connectivity index (χ4n) is 1.61. The maximum absolute atomic E-state index is 12.9. The molecule has 1 aliphatic rings. The van der Waals surface area contributed by atoms with Gasteiger partial charge in [0.15, 0.2) is 0 Å². The van der Waals surface area contributed by atoms with Crippen LogP contribution in [-0.4, -0.2) is 36.4 Å². The van der Waals surface area contributed by atoms with Gasteiger partial charge < -0.3 is 10.6 Å². The summed E-state index contributed by atoms with van der Waals surface area (Å²) in [6.45, 7) is 3.83. The summed E-state index contributed by atoms with van der Waals surface area (Å²) < 4.78 is 25.9. The number of nitrogens with two attached hydrogens (primary N) is 1. The van der Waals surface area contributed by atoms with Gasteiger partial charge in [0.2, 0.25) is 0 Å². The predicted molar refractivity (Wildman–Crippen MR) is 48.9 cm³/mol. The van der Waals surface area contributed by atoms with E-state index in [1.807, 2.05) is 13.8 Å². The fraction of sp³-hybridized carbons (Fsp3) is 0.889. The van der Waals surface area contributed by atoms with Crippen LogP contribution in [0.4, 0.5) is 8.78 Å². The highest BCUT2D eigenvalue weighted by Gasteiger charge is 2.43. The van der Waals surface area contributed by atoms with Gasteiger partial charge in [0, 0.05) is 13.1 Å². The van der Waals surface area contributed by atoms with Crippen molar-refractivity contribution < 1.29 is 13.6 Å². The summed E-state index contributed by atoms with van der Waals surface area (Å²) in [5, 5.41) is 0. The second-order valence-corrected chi connectivity index (χ2v) is 4.07. The first-order chi connectivity index (χ1) is 6.38. The van der Waals surface area contributed by atoms with Gasteiger partial charge in [-0.3, -0.25) is 4.79 Å². The maximum atomic E-state index is 12.9. The van der Waals surface area contributed by atoms with E-state index in [9.17, 15) is 13.6 Å². The van der Waals surface area contributed by atoms with Gasteiger partial charge in [0.25, 0.3) is 5.91 Å². The zero-order valence-electron chi connectivity index (χ0n) is 8.46. The lowest BCUT2D eigenvalue weighted by Crippen LogP contribution is -2.46. The average Bonchev–Trinajstić information content (AvgIpc) is 2.45. The Bertz CT molecular complexity index is 223. The number of rotatable bonds is 2. The third-order valence-electron chi connectivity index (χ3n) is 2.84. The number of carbonyl (C=O) groups is 1. The van der Waals surface area contributed by atoms with E-state index >= 15 is 0 Å². The molecular weight excluding hydrogens is 190 g/mol. The van der Waals surface area contributed by atoms with Gasteiger partial charge in [-0.05, 0) is 11.8 Å². The Morgan fingerprint density at radius 2 is 1.86 bits per heavy atom. The minimum Gasteiger partial charge on any atom is -0.337 e. The molecule has 3 nitrogen and oxygen atoms in total. The molecule has 5 heteroatoms. The molecule has 0 saturated carbocycles. The predicted octanol–water partition coefficient (Wildman–Crippen LogP) is 0.695. The van der Waals surface area contributed by atoms with Gasteiger partial charge >= 0.3 is 5.92 Å². The Hall–Kier alpha value is -0.710. The Balaban J connectivity index is 2.64. The van der Waals surface area contributed by atoms with Crippen molar-refractivity contribution in [3.8, 4) is 0 Å². The van der Waals surface area contributed by atoms with E-state index in [0.717, 1.165) is 0 Å². The number of hydrogen-bond donors (Lipinski definition) is 1. The van der Waals surface area contributed by atoms with E-state index in [2.05, 4.69) is 0 Å². The van der Waals surface area contributed by atoms with Gasteiger partial charge in [-0.15, -0.1) is 0 Å². The standard InChI is InChI=1S/C9H16F2N2O/c1-6-3-13(4-7(6)2)8(14)9(10,11)5-12/h6-7H,3-5,12H2,1-2H3. The first kappa shape index (κ1) is 11.4. The fourth-order valence-corrected chi connectivity index (χ4v) is 1.61. The molecule has 2 N–H and O–H groups in total. The highest BCUT2D eigenvalue weighted by Crippen LogP contribution is 2.26. The number of nitrogens with zero attached hydrogens (tertiary/aromatic N) is 1. The molecule has 82 valence electrons. The van der Waals surface area contributed by atoms with Crippen molar-refractivity contribution >= 4 is 5.91 Å². The molecule has 0 aliphatic carbocycles. The van der Waals surface area contributed by atoms with Gasteiger partial charge in [0.05, 0.1) is 6.54 Å². The van der Waals surface area contributed by atoms with Gasteiger partial charge in [-0.2, -0.15) is 8.78 Å². The molecule has 1 saturated heterocycles. The van der Waals surface area contributed by atoms with E-state index in [1.54, 1.807) is 0 Å². The third-order valence-corrected chi connectivity index (χ3v) is 2.84. The number of hydrogen-bond acceptors (Lipinski definition) is 2. The zero-order chi connectivity index (χ0) is 10.9. The second kappa shape index (κ2) is 3.81. The summed E-state index contributed by atoms with van der Waals surface area (Å²) in [6, 6.07) is 0. The third kappa shape index (κ3) is 2.03. The van der Waals surface area contributed by atoms with Crippen LogP contribution in [0.1, 0.15) is 13.8 Å². The Labute approximate surface area is 82.2 Å². The van der Waals surface area contributed by atoms with Crippen LogP contribution >= 0.6 is 0 Å². The molecule has 1 aliphatic heterocycles. The number of likely N-dealkylation sites (tertiary alicyclic amines) is 1. The van der Waals surface area contributed by atoms with Crippen molar-refractivity contribution in [1.29, 1.82) is 0 Å². The zero-order valence-corrected chi connectivity index (χ0v) is 8.46. The van der Waals surface area contributed by atoms with Crippen LogP contribution in [0, 0.1) is 11.8 Å². The Kier molecular flexibility index (Phi) is 3.09. The molecule has 0 radical (unpaired) electrons. The van der Waals surface area contributed by atoms with Crippen LogP contribution in [-0.2, 0) is 4.79 Å². The first-order valence-electron chi connectivity index (χ1n) is 4.75. The smallest absolute Gasteiger partial charge is 0.336 e. The molecule has 2 unspecified atom stereocenters. The summed E-state index contributed by atoms with van der Waals surface area (Å²) in [6.07, 6.45) is 0. The molecule has 2 atom stereocenters. The van der Waals surface area contributed by atoms with Crippen LogP contribution in [0.25, 0.3) is 0 Å². The second-order valence-electron chi connectivity index (χ2n) is 4.07. The number of amides is 1. The minimum atomic E-state index is -3.40. The largest absolute Gasteiger partial charge is 0.337 e. The minimum absolute atomic E-state index is 0.285. The molecule has 0 spiro atoms. The molecule has 1 heterocycles. The van der Waals surface area contributed by atoms with Crippen LogP contribution in [0.3, 0.4) is 0 Å². The molecule has 0 aromatic carbocycles. The molecule has 0 aromatic rings. The highest BCUT2D eigenvalue weighted by atomic mass is 19.3. The van der Waals surface area contributed by atoms with Crippen molar-refractivity contribution in [2.45, 2.75) is 19.8 Å². The molecule has 0 aromatic heterocycles. The van der Waals surface area contributed by atoms with Crippen LogP contribution in [0.2, 0.25) is 0 Å². The average molecular weight is 206 g/mol. The number of alkyl halides is 2. The molecule has 14 heavy (non-hydrogen) atoms. The molecule has 0 bridgehead atoms. The van der Waals surface area contributed by atoms with Crippen LogP contribution < -0.4 is 5.73 Å². The van der Waals surface area contributed by atoms with E-state index in [0.29, 0.717) is 13.1 Å². The molecular formula is C9H16F2N2O. The van der Waals surface area contributed by atoms with E-state index < -0.39 is 18.4 Å². The van der Waals surface area contributed by atoms with E-state index in [4.69, 9.17) is 5.73 Å². The van der Waals surface area contributed by atoms with Gasteiger partial charge in [0.1, 0.15) is 0 Å². The summed E-state index contributed by atoms with van der Waals surface area (Å²) in [4.78, 5) is 12.5. The lowest BCUT2D eigenvalue weighted by Gasteiger charge is -2.21. The van der Waals surface area contributed by atoms with Crippen molar-refractivity contribution in [1.82, 2.24) is 4.90 Å². The SMILES string of the molecule is CC1CN(C(=O)C(F)(F)CN)CC1C. The topological polar surface area (TPSA) is 46.3 Å². The summed E-state index contributed by atoms with van der Waals surface area (Å²) in [5.74, 6) is -3.96. The van der Waals surface area contributed by atoms with Crippen LogP contribution in [0.5, 0.6) is 0 Å². The Morgan fingerprint density at radius 3 is 2.21 bits per heavy atom. The van der Waals surface area contributed by atoms with Gasteiger partial charge in [-0.25, -0.2) is 0 Å². The number of carbonyl (C=O) groups excluding carboxylic acids is 1. The van der Waals surface area contributed by atoms with Crippen molar-refractivity contribution in [2.24, 2.45) is 17.6 Å². The first-order valence-corrected chi connectivity index (χ1v) is 4.75. The van der Waals surface area contributed by atoms with Crippen molar-refractivity contribution in [3.63, 3.8) is 0 Å². The van der Waals surface area contributed by atoms with Gasteiger partial charge in [-0.1, -0.05) is 13.8 Å². The highest BCUT2D eigenvalue weighted by molar-refractivity contribution is 5.84. The summed E-state index contributed by atoms with van der Waals surface area (Å²) >= 11 is 0. The van der Waals surface area contributed by atoms with Crippen molar-refractivity contribution in [2.75, 3.05) is 19.6 Å². The van der Waals surface area contributed by atoms with Crippen molar-refractivity contribution in [3.05, 3.63) is 0 Å². The van der Waals surface area contributed by atoms with E-state index in [-0.39, 0.29) is 11.8 Å². The molecule has 1 rings (SSSR count). The van der Waals surface area contributed by atoms with Crippen LogP contribution in [0.15, 0.2) is 0 Å². The lowest BCUT2D eigenvalue weighted by molar-refractivity contribution is -0.155. The van der Waals surface area contributed by atoms with E-state index in [1.165, 1.54) is 4.90 Å². The maximum Gasteiger partial charge on any atom is 0.336 e. The lowest BCUT2D eigenvalue weighted by atomic mass is 10.0. The monoisotopic (exact) mass is 206 g/mol. The Morgan fingerprint density at radius 1 is 1.43 bits per heavy atom. The summed E-state index contributed by atoms with van der Waals surface area (Å²) in [7, 11) is 0. The molecule has 1 fully saturated rings. The number of halogens is 2. The normalized spacial score (nSPS) is 28.2. The molecule has 1 amide bonds.